The maximum absolute atomic E-state index is 12.1. The highest BCUT2D eigenvalue weighted by atomic mass is 79.9. The summed E-state index contributed by atoms with van der Waals surface area (Å²) < 4.78 is 0.739. The van der Waals surface area contributed by atoms with Crippen molar-refractivity contribution in [2.45, 2.75) is 0 Å². The number of thiophene rings is 1. The minimum atomic E-state index is -0.586. The molecule has 2 rings (SSSR count). The minimum Gasteiger partial charge on any atom is -0.366 e. The second-order valence-electron chi connectivity index (χ2n) is 3.61. The number of primary amides is 1. The van der Waals surface area contributed by atoms with Gasteiger partial charge in [-0.2, -0.15) is 0 Å². The van der Waals surface area contributed by atoms with Crippen molar-refractivity contribution in [1.29, 1.82) is 0 Å². The van der Waals surface area contributed by atoms with E-state index in [1.807, 2.05) is 0 Å². The molecule has 98 valence electrons. The summed E-state index contributed by atoms with van der Waals surface area (Å²) in [6.45, 7) is 0. The van der Waals surface area contributed by atoms with Crippen LogP contribution in [0.3, 0.4) is 0 Å². The molecule has 0 bridgehead atoms. The molecule has 3 N–H and O–H groups in total. The summed E-state index contributed by atoms with van der Waals surface area (Å²) in [6.07, 6.45) is 0. The molecule has 0 saturated carbocycles. The third kappa shape index (κ3) is 3.15. The zero-order chi connectivity index (χ0) is 14.0. The molecule has 19 heavy (non-hydrogen) atoms. The fraction of sp³-hybridized carbons (Fsp3) is 0. The van der Waals surface area contributed by atoms with Crippen LogP contribution in [0.2, 0.25) is 5.02 Å². The number of hydrogen-bond acceptors (Lipinski definition) is 3. The summed E-state index contributed by atoms with van der Waals surface area (Å²) in [5.41, 5.74) is 5.81. The van der Waals surface area contributed by atoms with Gasteiger partial charge in [0.1, 0.15) is 5.00 Å². The summed E-state index contributed by atoms with van der Waals surface area (Å²) in [6, 6.07) is 6.52. The molecule has 0 atom stereocenters. The van der Waals surface area contributed by atoms with Gasteiger partial charge in [-0.3, -0.25) is 9.59 Å². The number of rotatable bonds is 3. The van der Waals surface area contributed by atoms with Crippen LogP contribution in [-0.2, 0) is 0 Å². The van der Waals surface area contributed by atoms with Crippen LogP contribution in [0, 0.1) is 0 Å². The Hall–Kier alpha value is -1.37. The Kier molecular flexibility index (Phi) is 4.24. The van der Waals surface area contributed by atoms with E-state index in [9.17, 15) is 9.59 Å². The van der Waals surface area contributed by atoms with E-state index in [1.165, 1.54) is 11.3 Å². The number of hydrogen-bond donors (Lipinski definition) is 2. The van der Waals surface area contributed by atoms with Gasteiger partial charge in [0.15, 0.2) is 0 Å². The highest BCUT2D eigenvalue weighted by Gasteiger charge is 2.15. The van der Waals surface area contributed by atoms with E-state index in [0.717, 1.165) is 4.47 Å². The number of carbonyl (C=O) groups excluding carboxylic acids is 2. The molecule has 1 heterocycles. The molecule has 2 aromatic rings. The first-order chi connectivity index (χ1) is 8.99. The average Bonchev–Trinajstić information content (AvgIpc) is 2.80. The molecule has 0 aliphatic heterocycles. The summed E-state index contributed by atoms with van der Waals surface area (Å²) in [5, 5.41) is 5.05. The van der Waals surface area contributed by atoms with Crippen molar-refractivity contribution in [2.24, 2.45) is 5.73 Å². The first-order valence-corrected chi connectivity index (χ1v) is 7.18. The van der Waals surface area contributed by atoms with Crippen molar-refractivity contribution in [1.82, 2.24) is 0 Å². The van der Waals surface area contributed by atoms with Gasteiger partial charge in [0.05, 0.1) is 16.1 Å². The van der Waals surface area contributed by atoms with Gasteiger partial charge in [0.2, 0.25) is 0 Å². The molecule has 1 aromatic heterocycles. The Labute approximate surface area is 126 Å². The number of benzene rings is 1. The van der Waals surface area contributed by atoms with E-state index in [4.69, 9.17) is 17.3 Å². The number of nitrogens with two attached hydrogens (primary N) is 1. The monoisotopic (exact) mass is 358 g/mol. The highest BCUT2D eigenvalue weighted by Crippen LogP contribution is 2.26. The quantitative estimate of drug-likeness (QED) is 0.880. The lowest BCUT2D eigenvalue weighted by atomic mass is 10.2. The molecule has 2 amide bonds. The van der Waals surface area contributed by atoms with Crippen LogP contribution in [0.25, 0.3) is 0 Å². The smallest absolute Gasteiger partial charge is 0.257 e. The van der Waals surface area contributed by atoms with Gasteiger partial charge < -0.3 is 11.1 Å². The lowest BCUT2D eigenvalue weighted by Crippen LogP contribution is -2.16. The molecule has 7 heteroatoms. The Bertz CT molecular complexity index is 657. The molecule has 1 aromatic carbocycles. The van der Waals surface area contributed by atoms with Crippen LogP contribution in [0.1, 0.15) is 20.7 Å². The number of anilines is 1. The number of halogens is 2. The molecule has 0 unspecified atom stereocenters. The van der Waals surface area contributed by atoms with E-state index in [1.54, 1.807) is 29.6 Å². The molecule has 0 saturated heterocycles. The largest absolute Gasteiger partial charge is 0.366 e. The van der Waals surface area contributed by atoms with Crippen LogP contribution in [0.15, 0.2) is 34.1 Å². The fourth-order valence-electron chi connectivity index (χ4n) is 1.44. The van der Waals surface area contributed by atoms with Crippen LogP contribution < -0.4 is 11.1 Å². The molecule has 0 spiro atoms. The lowest BCUT2D eigenvalue weighted by molar-refractivity contribution is 0.100. The second-order valence-corrected chi connectivity index (χ2v) is 5.84. The second kappa shape index (κ2) is 5.73. The predicted molar refractivity (Wildman–Crippen MR) is 79.9 cm³/mol. The summed E-state index contributed by atoms with van der Waals surface area (Å²) in [5.74, 6) is -0.979. The summed E-state index contributed by atoms with van der Waals surface area (Å²) in [4.78, 5) is 23.3. The van der Waals surface area contributed by atoms with Crippen molar-refractivity contribution in [3.63, 3.8) is 0 Å². The normalized spacial score (nSPS) is 10.2. The van der Waals surface area contributed by atoms with Crippen molar-refractivity contribution < 1.29 is 9.59 Å². The van der Waals surface area contributed by atoms with Gasteiger partial charge in [0.25, 0.3) is 11.8 Å². The molecule has 0 aliphatic carbocycles. The Morgan fingerprint density at radius 2 is 2.00 bits per heavy atom. The first kappa shape index (κ1) is 14.0. The number of amides is 2. The average molecular weight is 360 g/mol. The first-order valence-electron chi connectivity index (χ1n) is 5.12. The zero-order valence-corrected chi connectivity index (χ0v) is 12.6. The SMILES string of the molecule is NC(=O)c1ccsc1NC(=O)c1cc(Br)ccc1Cl. The van der Waals surface area contributed by atoms with E-state index in [2.05, 4.69) is 21.2 Å². The Morgan fingerprint density at radius 3 is 2.68 bits per heavy atom. The molecule has 0 aliphatic rings. The summed E-state index contributed by atoms with van der Waals surface area (Å²) in [7, 11) is 0. The van der Waals surface area contributed by atoms with Crippen molar-refractivity contribution >= 4 is 55.7 Å². The van der Waals surface area contributed by atoms with Gasteiger partial charge in [0, 0.05) is 4.47 Å². The predicted octanol–water partition coefficient (Wildman–Crippen LogP) is 3.52. The Morgan fingerprint density at radius 1 is 1.26 bits per heavy atom. The summed E-state index contributed by atoms with van der Waals surface area (Å²) >= 11 is 10.5. The van der Waals surface area contributed by atoms with Gasteiger partial charge in [-0.15, -0.1) is 11.3 Å². The number of carbonyl (C=O) groups is 2. The van der Waals surface area contributed by atoms with Crippen LogP contribution in [-0.4, -0.2) is 11.8 Å². The van der Waals surface area contributed by atoms with Gasteiger partial charge >= 0.3 is 0 Å². The maximum Gasteiger partial charge on any atom is 0.257 e. The Balaban J connectivity index is 2.28. The van der Waals surface area contributed by atoms with E-state index >= 15 is 0 Å². The van der Waals surface area contributed by atoms with E-state index in [-0.39, 0.29) is 5.56 Å². The van der Waals surface area contributed by atoms with E-state index in [0.29, 0.717) is 15.6 Å². The van der Waals surface area contributed by atoms with Crippen LogP contribution in [0.5, 0.6) is 0 Å². The highest BCUT2D eigenvalue weighted by molar-refractivity contribution is 9.10. The van der Waals surface area contributed by atoms with Gasteiger partial charge in [-0.25, -0.2) is 0 Å². The maximum atomic E-state index is 12.1. The van der Waals surface area contributed by atoms with Crippen LogP contribution >= 0.6 is 38.9 Å². The van der Waals surface area contributed by atoms with Crippen molar-refractivity contribution in [3.05, 3.63) is 50.3 Å². The van der Waals surface area contributed by atoms with Gasteiger partial charge in [-0.05, 0) is 29.6 Å². The minimum absolute atomic E-state index is 0.282. The fourth-order valence-corrected chi connectivity index (χ4v) is 2.79. The molecular formula is C12H8BrClN2O2S. The van der Waals surface area contributed by atoms with E-state index < -0.39 is 11.8 Å². The third-order valence-electron chi connectivity index (χ3n) is 2.33. The molecule has 0 fully saturated rings. The topological polar surface area (TPSA) is 72.2 Å². The molecule has 0 radical (unpaired) electrons. The van der Waals surface area contributed by atoms with Crippen molar-refractivity contribution in [3.8, 4) is 0 Å². The molecular weight excluding hydrogens is 352 g/mol. The third-order valence-corrected chi connectivity index (χ3v) is 3.98. The standard InChI is InChI=1S/C12H8BrClN2O2S/c13-6-1-2-9(14)8(5-6)11(18)16-12-7(10(15)17)3-4-19-12/h1-5H,(H2,15,17)(H,16,18). The van der Waals surface area contributed by atoms with Gasteiger partial charge in [-0.1, -0.05) is 27.5 Å². The van der Waals surface area contributed by atoms with Crippen molar-refractivity contribution in [2.75, 3.05) is 5.32 Å². The zero-order valence-electron chi connectivity index (χ0n) is 9.44. The van der Waals surface area contributed by atoms with Crippen LogP contribution in [0.4, 0.5) is 5.00 Å². The molecule has 4 nitrogen and oxygen atoms in total. The lowest BCUT2D eigenvalue weighted by Gasteiger charge is -2.06. The number of nitrogens with one attached hydrogen (secondary N) is 1.